The van der Waals surface area contributed by atoms with Gasteiger partial charge in [0, 0.05) is 11.4 Å². The van der Waals surface area contributed by atoms with Crippen molar-refractivity contribution >= 4 is 27.2 Å². The first-order valence-corrected chi connectivity index (χ1v) is 9.63. The van der Waals surface area contributed by atoms with Crippen molar-refractivity contribution in [3.05, 3.63) is 41.1 Å². The molecule has 0 radical (unpaired) electrons. The van der Waals surface area contributed by atoms with Gasteiger partial charge in [-0.2, -0.15) is 10.4 Å². The van der Waals surface area contributed by atoms with Gasteiger partial charge < -0.3 is 5.32 Å². The van der Waals surface area contributed by atoms with Crippen LogP contribution in [0.25, 0.3) is 0 Å². The number of nitriles is 1. The SMILES string of the molecule is CCCCS(=O)(=O)Nc1ccc(Nc2nnc(C)c(C)c2C#N)cc1. The summed E-state index contributed by atoms with van der Waals surface area (Å²) in [6.07, 6.45) is 1.44. The summed E-state index contributed by atoms with van der Waals surface area (Å²) in [5.41, 5.74) is 3.11. The van der Waals surface area contributed by atoms with Crippen molar-refractivity contribution in [2.45, 2.75) is 33.6 Å². The molecule has 0 spiro atoms. The monoisotopic (exact) mass is 359 g/mol. The van der Waals surface area contributed by atoms with Crippen LogP contribution in [0.1, 0.15) is 36.6 Å². The molecule has 25 heavy (non-hydrogen) atoms. The van der Waals surface area contributed by atoms with Gasteiger partial charge in [-0.3, -0.25) is 4.72 Å². The maximum Gasteiger partial charge on any atom is 0.232 e. The Bertz CT molecular complexity index is 886. The number of unbranched alkanes of at least 4 members (excludes halogenated alkanes) is 1. The van der Waals surface area contributed by atoms with Gasteiger partial charge in [0.2, 0.25) is 10.0 Å². The maximum absolute atomic E-state index is 11.9. The van der Waals surface area contributed by atoms with Crippen LogP contribution >= 0.6 is 0 Å². The van der Waals surface area contributed by atoms with Gasteiger partial charge in [0.15, 0.2) is 5.82 Å². The minimum absolute atomic E-state index is 0.104. The molecule has 1 heterocycles. The molecule has 0 aliphatic carbocycles. The van der Waals surface area contributed by atoms with Gasteiger partial charge in [0.1, 0.15) is 11.6 Å². The first-order valence-electron chi connectivity index (χ1n) is 7.98. The predicted molar refractivity (Wildman–Crippen MR) is 98.3 cm³/mol. The van der Waals surface area contributed by atoms with Crippen LogP contribution < -0.4 is 10.0 Å². The lowest BCUT2D eigenvalue weighted by atomic mass is 10.1. The zero-order valence-corrected chi connectivity index (χ0v) is 15.3. The van der Waals surface area contributed by atoms with Crippen LogP contribution in [0.3, 0.4) is 0 Å². The lowest BCUT2D eigenvalue weighted by molar-refractivity contribution is 0.598. The fraction of sp³-hybridized carbons (Fsp3) is 0.353. The summed E-state index contributed by atoms with van der Waals surface area (Å²) < 4.78 is 26.4. The van der Waals surface area contributed by atoms with Crippen molar-refractivity contribution in [2.75, 3.05) is 15.8 Å². The van der Waals surface area contributed by atoms with Gasteiger partial charge >= 0.3 is 0 Å². The average molecular weight is 359 g/mol. The zero-order chi connectivity index (χ0) is 18.4. The number of nitrogens with one attached hydrogen (secondary N) is 2. The van der Waals surface area contributed by atoms with Crippen molar-refractivity contribution in [3.8, 4) is 6.07 Å². The van der Waals surface area contributed by atoms with E-state index < -0.39 is 10.0 Å². The molecule has 1 aromatic carbocycles. The second-order valence-electron chi connectivity index (χ2n) is 5.72. The molecule has 0 aliphatic rings. The number of sulfonamides is 1. The van der Waals surface area contributed by atoms with E-state index in [-0.39, 0.29) is 5.75 Å². The summed E-state index contributed by atoms with van der Waals surface area (Å²) >= 11 is 0. The topological polar surface area (TPSA) is 108 Å². The quantitative estimate of drug-likeness (QED) is 0.785. The van der Waals surface area contributed by atoms with Crippen LogP contribution in [0, 0.1) is 25.2 Å². The summed E-state index contributed by atoms with van der Waals surface area (Å²) in [5, 5.41) is 20.4. The highest BCUT2D eigenvalue weighted by Crippen LogP contribution is 2.23. The van der Waals surface area contributed by atoms with E-state index in [9.17, 15) is 13.7 Å². The van der Waals surface area contributed by atoms with Crippen molar-refractivity contribution in [1.29, 1.82) is 5.26 Å². The number of anilines is 3. The van der Waals surface area contributed by atoms with Gasteiger partial charge in [-0.15, -0.1) is 5.10 Å². The summed E-state index contributed by atoms with van der Waals surface area (Å²) in [7, 11) is -3.33. The van der Waals surface area contributed by atoms with E-state index >= 15 is 0 Å². The lowest BCUT2D eigenvalue weighted by Gasteiger charge is -2.11. The standard InChI is InChI=1S/C17H21N5O2S/c1-4-5-10-25(23,24)22-15-8-6-14(7-9-15)19-17-16(11-18)12(2)13(3)20-21-17/h6-9,22H,4-5,10H2,1-3H3,(H,19,21). The van der Waals surface area contributed by atoms with E-state index in [1.54, 1.807) is 31.2 Å². The molecule has 0 unspecified atom stereocenters. The van der Waals surface area contributed by atoms with E-state index in [0.717, 1.165) is 12.0 Å². The van der Waals surface area contributed by atoms with Crippen molar-refractivity contribution < 1.29 is 8.42 Å². The Labute approximate surface area is 148 Å². The molecule has 0 saturated heterocycles. The van der Waals surface area contributed by atoms with Gasteiger partial charge in [-0.1, -0.05) is 13.3 Å². The molecule has 0 atom stereocenters. The van der Waals surface area contributed by atoms with E-state index in [2.05, 4.69) is 26.3 Å². The molecule has 0 saturated carbocycles. The number of benzene rings is 1. The molecular formula is C17H21N5O2S. The Morgan fingerprint density at radius 2 is 1.76 bits per heavy atom. The fourth-order valence-corrected chi connectivity index (χ4v) is 3.42. The highest BCUT2D eigenvalue weighted by atomic mass is 32.2. The van der Waals surface area contributed by atoms with Crippen LogP contribution in [0.15, 0.2) is 24.3 Å². The molecule has 1 aromatic heterocycles. The normalized spacial score (nSPS) is 11.0. The second-order valence-corrected chi connectivity index (χ2v) is 7.56. The first-order chi connectivity index (χ1) is 11.9. The minimum atomic E-state index is -3.33. The molecule has 8 heteroatoms. The second kappa shape index (κ2) is 7.94. The highest BCUT2D eigenvalue weighted by molar-refractivity contribution is 7.92. The van der Waals surface area contributed by atoms with E-state index in [0.29, 0.717) is 34.9 Å². The first kappa shape index (κ1) is 18.7. The third-order valence-electron chi connectivity index (χ3n) is 3.75. The Kier molecular flexibility index (Phi) is 5.93. The fourth-order valence-electron chi connectivity index (χ4n) is 2.16. The van der Waals surface area contributed by atoms with Crippen LogP contribution in [0.5, 0.6) is 0 Å². The largest absolute Gasteiger partial charge is 0.338 e. The number of hydrogen-bond acceptors (Lipinski definition) is 6. The third-order valence-corrected chi connectivity index (χ3v) is 5.13. The van der Waals surface area contributed by atoms with E-state index in [1.807, 2.05) is 13.8 Å². The van der Waals surface area contributed by atoms with Gasteiger partial charge in [0.25, 0.3) is 0 Å². The van der Waals surface area contributed by atoms with E-state index in [1.165, 1.54) is 0 Å². The Balaban J connectivity index is 2.14. The number of aromatic nitrogens is 2. The minimum Gasteiger partial charge on any atom is -0.338 e. The molecule has 2 N–H and O–H groups in total. The summed E-state index contributed by atoms with van der Waals surface area (Å²) in [6, 6.07) is 8.88. The van der Waals surface area contributed by atoms with Gasteiger partial charge in [-0.05, 0) is 50.1 Å². The summed E-state index contributed by atoms with van der Waals surface area (Å²) in [4.78, 5) is 0. The molecule has 2 aromatic rings. The number of rotatable bonds is 7. The number of hydrogen-bond donors (Lipinski definition) is 2. The molecule has 7 nitrogen and oxygen atoms in total. The summed E-state index contributed by atoms with van der Waals surface area (Å²) in [6.45, 7) is 5.56. The van der Waals surface area contributed by atoms with Crippen molar-refractivity contribution in [1.82, 2.24) is 10.2 Å². The van der Waals surface area contributed by atoms with Crippen LogP contribution in [-0.4, -0.2) is 24.4 Å². The molecular weight excluding hydrogens is 338 g/mol. The van der Waals surface area contributed by atoms with Crippen LogP contribution in [0.4, 0.5) is 17.2 Å². The smallest absolute Gasteiger partial charge is 0.232 e. The molecule has 0 fully saturated rings. The van der Waals surface area contributed by atoms with E-state index in [4.69, 9.17) is 0 Å². The lowest BCUT2D eigenvalue weighted by Crippen LogP contribution is -2.16. The average Bonchev–Trinajstić information content (AvgIpc) is 2.58. The Morgan fingerprint density at radius 3 is 2.36 bits per heavy atom. The highest BCUT2D eigenvalue weighted by Gasteiger charge is 2.12. The van der Waals surface area contributed by atoms with Gasteiger partial charge in [0.05, 0.1) is 11.4 Å². The van der Waals surface area contributed by atoms with Crippen LogP contribution in [-0.2, 0) is 10.0 Å². The molecule has 2 rings (SSSR count). The summed E-state index contributed by atoms with van der Waals surface area (Å²) in [5.74, 6) is 0.481. The zero-order valence-electron chi connectivity index (χ0n) is 14.5. The maximum atomic E-state index is 11.9. The van der Waals surface area contributed by atoms with Crippen molar-refractivity contribution in [2.24, 2.45) is 0 Å². The number of aryl methyl sites for hydroxylation is 1. The molecule has 0 aliphatic heterocycles. The Hall–Kier alpha value is -2.66. The molecule has 0 amide bonds. The van der Waals surface area contributed by atoms with Gasteiger partial charge in [-0.25, -0.2) is 8.42 Å². The van der Waals surface area contributed by atoms with Crippen LogP contribution in [0.2, 0.25) is 0 Å². The number of nitrogens with zero attached hydrogens (tertiary/aromatic N) is 3. The molecule has 0 bridgehead atoms. The Morgan fingerprint density at radius 1 is 1.12 bits per heavy atom. The van der Waals surface area contributed by atoms with Crippen molar-refractivity contribution in [3.63, 3.8) is 0 Å². The predicted octanol–water partition coefficient (Wildman–Crippen LogP) is 3.25. The third kappa shape index (κ3) is 4.90. The molecule has 132 valence electrons.